The van der Waals surface area contributed by atoms with Crippen molar-refractivity contribution >= 4 is 23.4 Å². The predicted molar refractivity (Wildman–Crippen MR) is 107 cm³/mol. The fourth-order valence-corrected chi connectivity index (χ4v) is 2.90. The van der Waals surface area contributed by atoms with Crippen LogP contribution in [0.2, 0.25) is 0 Å². The average Bonchev–Trinajstić information content (AvgIpc) is 3.16. The van der Waals surface area contributed by atoms with Gasteiger partial charge in [-0.05, 0) is 61.4 Å². The topological polar surface area (TPSA) is 86.5 Å². The summed E-state index contributed by atoms with van der Waals surface area (Å²) in [6, 6.07) is 13.0. The van der Waals surface area contributed by atoms with Crippen molar-refractivity contribution < 1.29 is 18.7 Å². The first-order valence-corrected chi connectivity index (χ1v) is 9.61. The average molecular weight is 399 g/mol. The number of anilines is 1. The normalized spacial score (nSPS) is 10.5. The molecule has 1 N–H and O–H groups in total. The number of aromatic nitrogens is 2. The van der Waals surface area contributed by atoms with E-state index in [4.69, 9.17) is 13.9 Å². The van der Waals surface area contributed by atoms with Crippen molar-refractivity contribution in [1.82, 2.24) is 10.2 Å². The van der Waals surface area contributed by atoms with Gasteiger partial charge >= 0.3 is 0 Å². The minimum Gasteiger partial charge on any atom is -0.497 e. The zero-order chi connectivity index (χ0) is 19.9. The fraction of sp³-hybridized carbons (Fsp3) is 0.250. The summed E-state index contributed by atoms with van der Waals surface area (Å²) in [5.41, 5.74) is 3.08. The molecule has 1 aromatic heterocycles. The molecule has 0 saturated heterocycles. The molecule has 0 aliphatic heterocycles. The van der Waals surface area contributed by atoms with Gasteiger partial charge in [-0.25, -0.2) is 0 Å². The van der Waals surface area contributed by atoms with E-state index in [9.17, 15) is 4.79 Å². The van der Waals surface area contributed by atoms with Crippen LogP contribution in [-0.4, -0.2) is 29.0 Å². The standard InChI is InChI=1S/C20H21N3O4S/c1-13-4-5-15(10-14(13)2)21-18(24)12-28-20-23-22-19(27-20)11-26-17-8-6-16(25-3)7-9-17/h4-10H,11-12H2,1-3H3,(H,21,24). The van der Waals surface area contributed by atoms with Gasteiger partial charge in [-0.2, -0.15) is 0 Å². The summed E-state index contributed by atoms with van der Waals surface area (Å²) in [4.78, 5) is 12.1. The lowest BCUT2D eigenvalue weighted by molar-refractivity contribution is -0.113. The van der Waals surface area contributed by atoms with E-state index in [0.717, 1.165) is 17.0 Å². The molecule has 2 aromatic carbocycles. The Bertz CT molecular complexity index is 941. The van der Waals surface area contributed by atoms with E-state index in [-0.39, 0.29) is 18.3 Å². The molecule has 0 spiro atoms. The highest BCUT2D eigenvalue weighted by Gasteiger charge is 2.11. The Morgan fingerprint density at radius 1 is 1.07 bits per heavy atom. The van der Waals surface area contributed by atoms with Crippen molar-refractivity contribution in [3.8, 4) is 11.5 Å². The van der Waals surface area contributed by atoms with E-state index < -0.39 is 0 Å². The summed E-state index contributed by atoms with van der Waals surface area (Å²) in [7, 11) is 1.61. The first-order chi connectivity index (χ1) is 13.5. The van der Waals surface area contributed by atoms with Crippen molar-refractivity contribution in [3.63, 3.8) is 0 Å². The number of benzene rings is 2. The van der Waals surface area contributed by atoms with Gasteiger partial charge in [-0.3, -0.25) is 4.79 Å². The maximum absolute atomic E-state index is 12.1. The number of thioether (sulfide) groups is 1. The second-order valence-electron chi connectivity index (χ2n) is 6.06. The van der Waals surface area contributed by atoms with Gasteiger partial charge in [-0.1, -0.05) is 17.8 Å². The van der Waals surface area contributed by atoms with Gasteiger partial charge in [0.2, 0.25) is 5.91 Å². The van der Waals surface area contributed by atoms with Crippen LogP contribution in [0.5, 0.6) is 11.5 Å². The molecule has 146 valence electrons. The zero-order valence-electron chi connectivity index (χ0n) is 15.9. The zero-order valence-corrected chi connectivity index (χ0v) is 16.7. The number of rotatable bonds is 8. The number of methoxy groups -OCH3 is 1. The molecule has 0 saturated carbocycles. The minimum atomic E-state index is -0.137. The molecule has 0 unspecified atom stereocenters. The van der Waals surface area contributed by atoms with Crippen LogP contribution >= 0.6 is 11.8 Å². The molecule has 0 atom stereocenters. The molecular formula is C20H21N3O4S. The van der Waals surface area contributed by atoms with Gasteiger partial charge in [0.25, 0.3) is 11.1 Å². The highest BCUT2D eigenvalue weighted by atomic mass is 32.2. The number of ether oxygens (including phenoxy) is 2. The molecule has 0 radical (unpaired) electrons. The molecule has 8 heteroatoms. The number of carbonyl (C=O) groups excluding carboxylic acids is 1. The van der Waals surface area contributed by atoms with E-state index in [0.29, 0.717) is 16.9 Å². The summed E-state index contributed by atoms with van der Waals surface area (Å²) in [5, 5.41) is 11.0. The fourth-order valence-electron chi connectivity index (χ4n) is 2.32. The van der Waals surface area contributed by atoms with Gasteiger partial charge in [0.1, 0.15) is 11.5 Å². The van der Waals surface area contributed by atoms with Crippen LogP contribution in [0.25, 0.3) is 0 Å². The van der Waals surface area contributed by atoms with E-state index in [2.05, 4.69) is 15.5 Å². The van der Waals surface area contributed by atoms with E-state index in [1.165, 1.54) is 17.3 Å². The number of nitrogens with one attached hydrogen (secondary N) is 1. The van der Waals surface area contributed by atoms with Crippen molar-refractivity contribution in [2.75, 3.05) is 18.2 Å². The van der Waals surface area contributed by atoms with Crippen molar-refractivity contribution in [1.29, 1.82) is 0 Å². The molecule has 0 aliphatic carbocycles. The Kier molecular flexibility index (Phi) is 6.54. The molecule has 7 nitrogen and oxygen atoms in total. The van der Waals surface area contributed by atoms with Crippen LogP contribution in [0.15, 0.2) is 52.1 Å². The van der Waals surface area contributed by atoms with Crippen LogP contribution < -0.4 is 14.8 Å². The highest BCUT2D eigenvalue weighted by molar-refractivity contribution is 7.99. The highest BCUT2D eigenvalue weighted by Crippen LogP contribution is 2.20. The minimum absolute atomic E-state index is 0.137. The van der Waals surface area contributed by atoms with Crippen LogP contribution in [0.3, 0.4) is 0 Å². The summed E-state index contributed by atoms with van der Waals surface area (Å²) < 4.78 is 16.2. The Morgan fingerprint density at radius 3 is 2.54 bits per heavy atom. The summed E-state index contributed by atoms with van der Waals surface area (Å²) in [6.45, 7) is 4.19. The summed E-state index contributed by atoms with van der Waals surface area (Å²) in [5.74, 6) is 1.80. The largest absolute Gasteiger partial charge is 0.497 e. The Morgan fingerprint density at radius 2 is 1.82 bits per heavy atom. The van der Waals surface area contributed by atoms with Gasteiger partial charge in [0.05, 0.1) is 12.9 Å². The van der Waals surface area contributed by atoms with Crippen LogP contribution in [0, 0.1) is 13.8 Å². The third-order valence-electron chi connectivity index (χ3n) is 3.99. The maximum atomic E-state index is 12.1. The number of hydrogen-bond donors (Lipinski definition) is 1. The molecule has 28 heavy (non-hydrogen) atoms. The van der Waals surface area contributed by atoms with E-state index >= 15 is 0 Å². The second-order valence-corrected chi connectivity index (χ2v) is 6.99. The van der Waals surface area contributed by atoms with E-state index in [1.807, 2.05) is 32.0 Å². The first-order valence-electron chi connectivity index (χ1n) is 8.62. The SMILES string of the molecule is COc1ccc(OCc2nnc(SCC(=O)Nc3ccc(C)c(C)c3)o2)cc1. The van der Waals surface area contributed by atoms with Gasteiger partial charge in [0, 0.05) is 5.69 Å². The number of aryl methyl sites for hydroxylation is 2. The third kappa shape index (κ3) is 5.50. The molecule has 1 amide bonds. The van der Waals surface area contributed by atoms with Crippen molar-refractivity contribution in [2.45, 2.75) is 25.7 Å². The van der Waals surface area contributed by atoms with Gasteiger partial charge < -0.3 is 19.2 Å². The molecule has 1 heterocycles. The molecule has 3 aromatic rings. The molecule has 0 aliphatic rings. The van der Waals surface area contributed by atoms with Crippen molar-refractivity contribution in [2.24, 2.45) is 0 Å². The predicted octanol–water partition coefficient (Wildman–Crippen LogP) is 4.00. The van der Waals surface area contributed by atoms with Crippen LogP contribution in [0.4, 0.5) is 5.69 Å². The Balaban J connectivity index is 1.45. The smallest absolute Gasteiger partial charge is 0.277 e. The number of carbonyl (C=O) groups is 1. The number of amides is 1. The second kappa shape index (κ2) is 9.27. The maximum Gasteiger partial charge on any atom is 0.277 e. The number of nitrogens with zero attached hydrogens (tertiary/aromatic N) is 2. The van der Waals surface area contributed by atoms with E-state index in [1.54, 1.807) is 31.4 Å². The van der Waals surface area contributed by atoms with Crippen LogP contribution in [0.1, 0.15) is 17.0 Å². The quantitative estimate of drug-likeness (QED) is 0.573. The number of hydrogen-bond acceptors (Lipinski definition) is 7. The van der Waals surface area contributed by atoms with Gasteiger partial charge in [-0.15, -0.1) is 10.2 Å². The summed E-state index contributed by atoms with van der Waals surface area (Å²) in [6.07, 6.45) is 0. The lowest BCUT2D eigenvalue weighted by Crippen LogP contribution is -2.14. The molecule has 0 bridgehead atoms. The van der Waals surface area contributed by atoms with Crippen molar-refractivity contribution in [3.05, 3.63) is 59.5 Å². The van der Waals surface area contributed by atoms with Gasteiger partial charge in [0.15, 0.2) is 6.61 Å². The molecule has 3 rings (SSSR count). The molecule has 0 fully saturated rings. The lowest BCUT2D eigenvalue weighted by atomic mass is 10.1. The van der Waals surface area contributed by atoms with Crippen LogP contribution in [-0.2, 0) is 11.4 Å². The molecular weight excluding hydrogens is 378 g/mol. The third-order valence-corrected chi connectivity index (χ3v) is 4.81. The lowest BCUT2D eigenvalue weighted by Gasteiger charge is -2.06. The summed E-state index contributed by atoms with van der Waals surface area (Å²) >= 11 is 1.18. The Hall–Kier alpha value is -3.00. The monoisotopic (exact) mass is 399 g/mol. The Labute approximate surface area is 167 Å². The first kappa shape index (κ1) is 19.8.